The smallest absolute Gasteiger partial charge is 0.246 e. The van der Waals surface area contributed by atoms with Crippen LogP contribution in [0.15, 0.2) is 58.3 Å². The van der Waals surface area contributed by atoms with Gasteiger partial charge in [0.1, 0.15) is 34.4 Å². The van der Waals surface area contributed by atoms with E-state index in [4.69, 9.17) is 4.74 Å². The number of halogens is 1. The predicted octanol–water partition coefficient (Wildman–Crippen LogP) is 3.60. The fraction of sp³-hybridized carbons (Fsp3) is 0.318. The summed E-state index contributed by atoms with van der Waals surface area (Å²) in [5.74, 6) is 2.42. The molecule has 0 saturated carbocycles. The van der Waals surface area contributed by atoms with Gasteiger partial charge in [-0.25, -0.2) is 23.4 Å². The normalized spacial score (nSPS) is 14.8. The molecular formula is C22H25BrN6O3S. The summed E-state index contributed by atoms with van der Waals surface area (Å²) in [5, 5.41) is 3.19. The highest BCUT2D eigenvalue weighted by Gasteiger charge is 2.31. The van der Waals surface area contributed by atoms with Gasteiger partial charge in [0, 0.05) is 42.9 Å². The average Bonchev–Trinajstić information content (AvgIpc) is 2.81. The van der Waals surface area contributed by atoms with Crippen LogP contribution in [0.2, 0.25) is 0 Å². The lowest BCUT2D eigenvalue weighted by Gasteiger charge is -2.34. The third-order valence-electron chi connectivity index (χ3n) is 5.21. The topological polar surface area (TPSA) is 101 Å². The molecule has 0 amide bonds. The van der Waals surface area contributed by atoms with Crippen molar-refractivity contribution in [2.75, 3.05) is 43.0 Å². The number of nitrogens with one attached hydrogen (secondary N) is 1. The van der Waals surface area contributed by atoms with E-state index in [2.05, 4.69) is 36.2 Å². The summed E-state index contributed by atoms with van der Waals surface area (Å²) >= 11 is 3.37. The SMILES string of the molecule is CCOc1ccc(Br)cc1S(=O)(=O)N1CCN(c2cc(Nc3cc(C)ccn3)ncn2)CC1. The molecule has 4 rings (SSSR count). The summed E-state index contributed by atoms with van der Waals surface area (Å²) in [6, 6.07) is 10.7. The second-order valence-electron chi connectivity index (χ2n) is 7.52. The molecule has 3 heterocycles. The number of piperazine rings is 1. The van der Waals surface area contributed by atoms with Crippen LogP contribution in [0.25, 0.3) is 0 Å². The number of benzene rings is 1. The van der Waals surface area contributed by atoms with Crippen LogP contribution in [-0.2, 0) is 10.0 Å². The Morgan fingerprint density at radius 3 is 2.52 bits per heavy atom. The van der Waals surface area contributed by atoms with Crippen molar-refractivity contribution in [1.82, 2.24) is 19.3 Å². The van der Waals surface area contributed by atoms with E-state index in [1.165, 1.54) is 10.6 Å². The quantitative estimate of drug-likeness (QED) is 0.492. The Bertz CT molecular complexity index is 1230. The van der Waals surface area contributed by atoms with Gasteiger partial charge in [-0.05, 0) is 49.7 Å². The van der Waals surface area contributed by atoms with Gasteiger partial charge in [0.25, 0.3) is 0 Å². The van der Waals surface area contributed by atoms with Gasteiger partial charge in [-0.15, -0.1) is 0 Å². The molecule has 2 aromatic heterocycles. The molecule has 1 aliphatic rings. The van der Waals surface area contributed by atoms with Crippen LogP contribution in [0.4, 0.5) is 17.5 Å². The number of hydrogen-bond acceptors (Lipinski definition) is 8. The number of hydrogen-bond donors (Lipinski definition) is 1. The lowest BCUT2D eigenvalue weighted by molar-refractivity contribution is 0.327. The number of pyridine rings is 1. The Labute approximate surface area is 202 Å². The monoisotopic (exact) mass is 532 g/mol. The highest BCUT2D eigenvalue weighted by atomic mass is 79.9. The number of anilines is 3. The van der Waals surface area contributed by atoms with Crippen LogP contribution in [0, 0.1) is 6.92 Å². The summed E-state index contributed by atoms with van der Waals surface area (Å²) in [6.07, 6.45) is 3.23. The van der Waals surface area contributed by atoms with Gasteiger partial charge in [0.05, 0.1) is 6.61 Å². The van der Waals surface area contributed by atoms with Crippen LogP contribution in [0.1, 0.15) is 12.5 Å². The van der Waals surface area contributed by atoms with E-state index in [0.29, 0.717) is 54.6 Å². The highest BCUT2D eigenvalue weighted by molar-refractivity contribution is 9.10. The van der Waals surface area contributed by atoms with Gasteiger partial charge < -0.3 is 15.0 Å². The summed E-state index contributed by atoms with van der Waals surface area (Å²) in [6.45, 7) is 5.92. The van der Waals surface area contributed by atoms with Crippen LogP contribution in [0.3, 0.4) is 0 Å². The summed E-state index contributed by atoms with van der Waals surface area (Å²) in [4.78, 5) is 15.2. The zero-order chi connectivity index (χ0) is 23.4. The number of aromatic nitrogens is 3. The number of sulfonamides is 1. The second kappa shape index (κ2) is 10.0. The Balaban J connectivity index is 1.47. The third-order valence-corrected chi connectivity index (χ3v) is 7.62. The summed E-state index contributed by atoms with van der Waals surface area (Å²) in [5.41, 5.74) is 1.09. The van der Waals surface area contributed by atoms with E-state index < -0.39 is 10.0 Å². The van der Waals surface area contributed by atoms with Crippen molar-refractivity contribution in [1.29, 1.82) is 0 Å². The lowest BCUT2D eigenvalue weighted by Crippen LogP contribution is -2.49. The van der Waals surface area contributed by atoms with E-state index in [-0.39, 0.29) is 4.90 Å². The molecule has 33 heavy (non-hydrogen) atoms. The van der Waals surface area contributed by atoms with E-state index in [1.807, 2.05) is 36.9 Å². The Morgan fingerprint density at radius 2 is 1.79 bits per heavy atom. The third kappa shape index (κ3) is 5.43. The summed E-state index contributed by atoms with van der Waals surface area (Å²) < 4.78 is 34.4. The zero-order valence-corrected chi connectivity index (χ0v) is 20.8. The molecule has 1 N–H and O–H groups in total. The maximum absolute atomic E-state index is 13.3. The number of nitrogens with zero attached hydrogens (tertiary/aromatic N) is 5. The molecule has 1 fully saturated rings. The van der Waals surface area contributed by atoms with Gasteiger partial charge in [-0.1, -0.05) is 15.9 Å². The van der Waals surface area contributed by atoms with Crippen LogP contribution < -0.4 is 15.0 Å². The molecule has 0 unspecified atom stereocenters. The summed E-state index contributed by atoms with van der Waals surface area (Å²) in [7, 11) is -3.70. The van der Waals surface area contributed by atoms with Crippen molar-refractivity contribution in [3.8, 4) is 5.75 Å². The van der Waals surface area contributed by atoms with Gasteiger partial charge in [0.2, 0.25) is 10.0 Å². The van der Waals surface area contributed by atoms with Crippen molar-refractivity contribution in [2.24, 2.45) is 0 Å². The van der Waals surface area contributed by atoms with Gasteiger partial charge >= 0.3 is 0 Å². The Hall–Kier alpha value is -2.76. The Kier molecular flexibility index (Phi) is 7.11. The van der Waals surface area contributed by atoms with E-state index in [0.717, 1.165) is 11.4 Å². The largest absolute Gasteiger partial charge is 0.492 e. The lowest BCUT2D eigenvalue weighted by atomic mass is 10.3. The first kappa shape index (κ1) is 23.4. The van der Waals surface area contributed by atoms with Gasteiger partial charge in [-0.3, -0.25) is 0 Å². The minimum Gasteiger partial charge on any atom is -0.492 e. The van der Waals surface area contributed by atoms with Crippen LogP contribution in [-0.4, -0.2) is 60.5 Å². The maximum atomic E-state index is 13.3. The first-order valence-electron chi connectivity index (χ1n) is 10.6. The molecule has 1 aromatic carbocycles. The Morgan fingerprint density at radius 1 is 1.03 bits per heavy atom. The minimum absolute atomic E-state index is 0.173. The molecule has 0 aliphatic carbocycles. The van der Waals surface area contributed by atoms with E-state index in [1.54, 1.807) is 24.4 Å². The number of ether oxygens (including phenoxy) is 1. The van der Waals surface area contributed by atoms with E-state index in [9.17, 15) is 8.42 Å². The van der Waals surface area contributed by atoms with Crippen molar-refractivity contribution in [3.05, 3.63) is 59.0 Å². The zero-order valence-electron chi connectivity index (χ0n) is 18.4. The van der Waals surface area contributed by atoms with Crippen LogP contribution in [0.5, 0.6) is 5.75 Å². The molecule has 1 aliphatic heterocycles. The maximum Gasteiger partial charge on any atom is 0.246 e. The molecular weight excluding hydrogens is 508 g/mol. The standard InChI is InChI=1S/C22H25BrN6O3S/c1-3-32-18-5-4-17(23)13-19(18)33(30,31)29-10-8-28(9-11-29)22-14-21(25-15-26-22)27-20-12-16(2)6-7-24-20/h4-7,12-15H,3,8-11H2,1-2H3,(H,24,25,26,27). The van der Waals surface area contributed by atoms with Gasteiger partial charge in [0.15, 0.2) is 0 Å². The van der Waals surface area contributed by atoms with Gasteiger partial charge in [-0.2, -0.15) is 4.31 Å². The van der Waals surface area contributed by atoms with Crippen LogP contribution >= 0.6 is 15.9 Å². The average molecular weight is 533 g/mol. The predicted molar refractivity (Wildman–Crippen MR) is 131 cm³/mol. The molecule has 174 valence electrons. The molecule has 0 spiro atoms. The molecule has 11 heteroatoms. The van der Waals surface area contributed by atoms with Crippen molar-refractivity contribution in [2.45, 2.75) is 18.7 Å². The van der Waals surface area contributed by atoms with Crippen molar-refractivity contribution >= 4 is 43.4 Å². The fourth-order valence-electron chi connectivity index (χ4n) is 3.58. The fourth-order valence-corrected chi connectivity index (χ4v) is 5.67. The molecule has 3 aromatic rings. The first-order valence-corrected chi connectivity index (χ1v) is 12.8. The molecule has 0 radical (unpaired) electrons. The van der Waals surface area contributed by atoms with Crippen molar-refractivity contribution < 1.29 is 13.2 Å². The molecule has 0 bridgehead atoms. The highest BCUT2D eigenvalue weighted by Crippen LogP contribution is 2.31. The minimum atomic E-state index is -3.70. The number of aryl methyl sites for hydroxylation is 1. The molecule has 9 nitrogen and oxygen atoms in total. The molecule has 0 atom stereocenters. The second-order valence-corrected chi connectivity index (χ2v) is 10.3. The number of rotatable bonds is 7. The van der Waals surface area contributed by atoms with E-state index >= 15 is 0 Å². The molecule has 1 saturated heterocycles. The first-order chi connectivity index (χ1) is 15.9. The van der Waals surface area contributed by atoms with Crippen molar-refractivity contribution in [3.63, 3.8) is 0 Å².